The second kappa shape index (κ2) is 8.03. The number of halogens is 2. The van der Waals surface area contributed by atoms with E-state index in [9.17, 15) is 0 Å². The molecule has 0 heterocycles. The van der Waals surface area contributed by atoms with Crippen molar-refractivity contribution in [3.05, 3.63) is 27.7 Å². The van der Waals surface area contributed by atoms with E-state index in [4.69, 9.17) is 16.3 Å². The first-order valence-electron chi connectivity index (χ1n) is 6.41. The van der Waals surface area contributed by atoms with Gasteiger partial charge in [0.2, 0.25) is 0 Å². The zero-order chi connectivity index (χ0) is 13.5. The molecule has 0 bridgehead atoms. The molecule has 2 nitrogen and oxygen atoms in total. The van der Waals surface area contributed by atoms with E-state index in [-0.39, 0.29) is 6.10 Å². The van der Waals surface area contributed by atoms with E-state index in [1.165, 1.54) is 0 Å². The third-order valence-electron chi connectivity index (χ3n) is 2.90. The molecule has 0 saturated heterocycles. The summed E-state index contributed by atoms with van der Waals surface area (Å²) in [5.41, 5.74) is 0. The molecule has 102 valence electrons. The lowest BCUT2D eigenvalue weighted by Crippen LogP contribution is -2.36. The van der Waals surface area contributed by atoms with Gasteiger partial charge in [-0.05, 0) is 38.0 Å². The summed E-state index contributed by atoms with van der Waals surface area (Å²) in [5, 5.41) is 4.14. The van der Waals surface area contributed by atoms with Crippen LogP contribution in [0.4, 0.5) is 0 Å². The van der Waals surface area contributed by atoms with Crippen molar-refractivity contribution in [1.29, 1.82) is 0 Å². The number of nitrogens with one attached hydrogen (secondary N) is 1. The maximum Gasteiger partial charge on any atom is 0.139 e. The Bertz CT molecular complexity index is 369. The number of ether oxygens (including phenoxy) is 1. The van der Waals surface area contributed by atoms with Crippen molar-refractivity contribution >= 4 is 27.5 Å². The molecule has 0 radical (unpaired) electrons. The highest BCUT2D eigenvalue weighted by Gasteiger charge is 2.10. The first-order chi connectivity index (χ1) is 8.56. The van der Waals surface area contributed by atoms with Gasteiger partial charge in [0.15, 0.2) is 0 Å². The molecule has 1 unspecified atom stereocenters. The fraction of sp³-hybridized carbons (Fsp3) is 0.571. The van der Waals surface area contributed by atoms with Gasteiger partial charge in [0.25, 0.3) is 0 Å². The summed E-state index contributed by atoms with van der Waals surface area (Å²) in [6, 6.07) is 6.20. The van der Waals surface area contributed by atoms with E-state index >= 15 is 0 Å². The Morgan fingerprint density at radius 2 is 2.00 bits per heavy atom. The Balaban J connectivity index is 2.48. The van der Waals surface area contributed by atoms with Crippen LogP contribution < -0.4 is 10.1 Å². The molecule has 0 aliphatic carbocycles. The van der Waals surface area contributed by atoms with E-state index in [1.54, 1.807) is 0 Å². The molecule has 0 aromatic heterocycles. The smallest absolute Gasteiger partial charge is 0.139 e. The van der Waals surface area contributed by atoms with Gasteiger partial charge in [0.1, 0.15) is 11.9 Å². The summed E-state index contributed by atoms with van der Waals surface area (Å²) >= 11 is 9.51. The third kappa shape index (κ3) is 5.17. The fourth-order valence-electron chi connectivity index (χ4n) is 1.74. The van der Waals surface area contributed by atoms with Crippen LogP contribution in [-0.4, -0.2) is 18.7 Å². The maximum absolute atomic E-state index is 6.09. The van der Waals surface area contributed by atoms with Gasteiger partial charge < -0.3 is 10.1 Å². The Morgan fingerprint density at radius 3 is 2.61 bits per heavy atom. The summed E-state index contributed by atoms with van der Waals surface area (Å²) in [6.45, 7) is 7.26. The standard InChI is InChI=1S/C14H21BrClNO/c1-4-12(5-2)17-9-10(3)18-14-8-11(15)6-7-13(14)16/h6-8,10,12,17H,4-5,9H2,1-3H3. The molecule has 0 aliphatic rings. The lowest BCUT2D eigenvalue weighted by molar-refractivity contribution is 0.210. The van der Waals surface area contributed by atoms with E-state index < -0.39 is 0 Å². The van der Waals surface area contributed by atoms with Crippen molar-refractivity contribution in [2.45, 2.75) is 45.8 Å². The van der Waals surface area contributed by atoms with Gasteiger partial charge in [-0.1, -0.05) is 41.4 Å². The van der Waals surface area contributed by atoms with Crippen molar-refractivity contribution in [1.82, 2.24) is 5.32 Å². The molecule has 1 N–H and O–H groups in total. The number of hydrogen-bond acceptors (Lipinski definition) is 2. The second-order valence-corrected chi connectivity index (χ2v) is 5.75. The first-order valence-corrected chi connectivity index (χ1v) is 7.59. The Kier molecular flexibility index (Phi) is 7.05. The van der Waals surface area contributed by atoms with Crippen molar-refractivity contribution < 1.29 is 4.74 Å². The minimum atomic E-state index is 0.0948. The van der Waals surface area contributed by atoms with Gasteiger partial charge in [-0.25, -0.2) is 0 Å². The molecule has 18 heavy (non-hydrogen) atoms. The van der Waals surface area contributed by atoms with Crippen LogP contribution in [0.3, 0.4) is 0 Å². The van der Waals surface area contributed by atoms with Gasteiger partial charge in [0.05, 0.1) is 5.02 Å². The summed E-state index contributed by atoms with van der Waals surface area (Å²) in [4.78, 5) is 0. The Labute approximate surface area is 123 Å². The Hall–Kier alpha value is -0.250. The zero-order valence-electron chi connectivity index (χ0n) is 11.2. The van der Waals surface area contributed by atoms with Gasteiger partial charge in [-0.15, -0.1) is 0 Å². The highest BCUT2D eigenvalue weighted by Crippen LogP contribution is 2.28. The summed E-state index contributed by atoms with van der Waals surface area (Å²) in [7, 11) is 0. The zero-order valence-corrected chi connectivity index (χ0v) is 13.5. The summed E-state index contributed by atoms with van der Waals surface area (Å²) < 4.78 is 6.82. The molecule has 0 aliphatic heterocycles. The number of hydrogen-bond donors (Lipinski definition) is 1. The highest BCUT2D eigenvalue weighted by atomic mass is 79.9. The minimum absolute atomic E-state index is 0.0948. The van der Waals surface area contributed by atoms with Crippen molar-refractivity contribution in [3.8, 4) is 5.75 Å². The fourth-order valence-corrected chi connectivity index (χ4v) is 2.24. The van der Waals surface area contributed by atoms with Crippen LogP contribution in [0, 0.1) is 0 Å². The molecule has 1 aromatic carbocycles. The SMILES string of the molecule is CCC(CC)NCC(C)Oc1cc(Br)ccc1Cl. The monoisotopic (exact) mass is 333 g/mol. The topological polar surface area (TPSA) is 21.3 Å². The minimum Gasteiger partial charge on any atom is -0.488 e. The lowest BCUT2D eigenvalue weighted by atomic mass is 10.1. The molecule has 0 amide bonds. The second-order valence-electron chi connectivity index (χ2n) is 4.42. The van der Waals surface area contributed by atoms with Crippen LogP contribution in [0.15, 0.2) is 22.7 Å². The lowest BCUT2D eigenvalue weighted by Gasteiger charge is -2.20. The van der Waals surface area contributed by atoms with Crippen LogP contribution in [0.5, 0.6) is 5.75 Å². The number of benzene rings is 1. The van der Waals surface area contributed by atoms with Gasteiger partial charge in [-0.3, -0.25) is 0 Å². The first kappa shape index (κ1) is 15.8. The maximum atomic E-state index is 6.09. The van der Waals surface area contributed by atoms with Crippen LogP contribution in [0.2, 0.25) is 5.02 Å². The van der Waals surface area contributed by atoms with E-state index in [0.29, 0.717) is 11.1 Å². The van der Waals surface area contributed by atoms with E-state index in [0.717, 1.165) is 29.6 Å². The van der Waals surface area contributed by atoms with Crippen LogP contribution in [-0.2, 0) is 0 Å². The molecule has 1 atom stereocenters. The van der Waals surface area contributed by atoms with Gasteiger partial charge in [0, 0.05) is 17.1 Å². The molecule has 0 spiro atoms. The average molecular weight is 335 g/mol. The summed E-state index contributed by atoms with van der Waals surface area (Å²) in [5.74, 6) is 0.727. The third-order valence-corrected chi connectivity index (χ3v) is 3.71. The largest absolute Gasteiger partial charge is 0.488 e. The molecule has 0 saturated carbocycles. The predicted molar refractivity (Wildman–Crippen MR) is 81.6 cm³/mol. The van der Waals surface area contributed by atoms with Crippen LogP contribution >= 0.6 is 27.5 Å². The van der Waals surface area contributed by atoms with Crippen LogP contribution in [0.1, 0.15) is 33.6 Å². The summed E-state index contributed by atoms with van der Waals surface area (Å²) in [6.07, 6.45) is 2.37. The molecular formula is C14H21BrClNO. The van der Waals surface area contributed by atoms with Crippen molar-refractivity contribution in [2.24, 2.45) is 0 Å². The van der Waals surface area contributed by atoms with Gasteiger partial charge in [-0.2, -0.15) is 0 Å². The van der Waals surface area contributed by atoms with Crippen molar-refractivity contribution in [2.75, 3.05) is 6.54 Å². The van der Waals surface area contributed by atoms with Crippen molar-refractivity contribution in [3.63, 3.8) is 0 Å². The molecule has 1 aromatic rings. The quantitative estimate of drug-likeness (QED) is 0.784. The molecule has 4 heteroatoms. The molecular weight excluding hydrogens is 314 g/mol. The normalized spacial score (nSPS) is 12.8. The average Bonchev–Trinajstić information content (AvgIpc) is 2.35. The molecule has 0 fully saturated rings. The predicted octanol–water partition coefficient (Wildman–Crippen LogP) is 4.65. The van der Waals surface area contributed by atoms with E-state index in [2.05, 4.69) is 35.1 Å². The Morgan fingerprint density at radius 1 is 1.33 bits per heavy atom. The van der Waals surface area contributed by atoms with E-state index in [1.807, 2.05) is 25.1 Å². The number of rotatable bonds is 7. The highest BCUT2D eigenvalue weighted by molar-refractivity contribution is 9.10. The van der Waals surface area contributed by atoms with Crippen LogP contribution in [0.25, 0.3) is 0 Å². The molecule has 1 rings (SSSR count). The van der Waals surface area contributed by atoms with Gasteiger partial charge >= 0.3 is 0 Å².